The highest BCUT2D eigenvalue weighted by molar-refractivity contribution is 7.10. The number of methoxy groups -OCH3 is 1. The normalized spacial score (nSPS) is 12.1. The molecule has 4 aromatic rings. The van der Waals surface area contributed by atoms with Crippen molar-refractivity contribution in [2.75, 3.05) is 12.0 Å². The van der Waals surface area contributed by atoms with Crippen molar-refractivity contribution in [2.45, 2.75) is 38.9 Å². The molecule has 0 bridgehead atoms. The molecule has 1 N–H and O–H groups in total. The first kappa shape index (κ1) is 26.0. The van der Waals surface area contributed by atoms with Crippen molar-refractivity contribution >= 4 is 28.8 Å². The highest BCUT2D eigenvalue weighted by Crippen LogP contribution is 2.32. The van der Waals surface area contributed by atoms with Gasteiger partial charge in [0.1, 0.15) is 24.2 Å². The van der Waals surface area contributed by atoms with E-state index in [-0.39, 0.29) is 24.1 Å². The molecule has 4 rings (SSSR count). The number of tetrazole rings is 1. The largest absolute Gasteiger partial charge is 0.497 e. The SMILES string of the molecule is COc1ccc(N(C(=O)Cn2nnc(-c3ccc(F)cc3)n2)[C@@H](C(=O)NC(C)(C)C)c2cccs2)cc1. The Morgan fingerprint density at radius 2 is 1.81 bits per heavy atom. The van der Waals surface area contributed by atoms with Crippen LogP contribution in [0.15, 0.2) is 66.0 Å². The Morgan fingerprint density at radius 3 is 2.41 bits per heavy atom. The van der Waals surface area contributed by atoms with Gasteiger partial charge in [0.05, 0.1) is 7.11 Å². The van der Waals surface area contributed by atoms with Crippen LogP contribution in [0.1, 0.15) is 31.7 Å². The number of nitrogens with one attached hydrogen (secondary N) is 1. The summed E-state index contributed by atoms with van der Waals surface area (Å²) in [5.41, 5.74) is 0.555. The van der Waals surface area contributed by atoms with Crippen LogP contribution in [-0.2, 0) is 16.1 Å². The Morgan fingerprint density at radius 1 is 1.11 bits per heavy atom. The monoisotopic (exact) mass is 522 g/mol. The van der Waals surface area contributed by atoms with Gasteiger partial charge in [0.2, 0.25) is 11.7 Å². The number of benzene rings is 2. The van der Waals surface area contributed by atoms with Gasteiger partial charge >= 0.3 is 0 Å². The molecule has 0 saturated carbocycles. The number of ether oxygens (including phenoxy) is 1. The second-order valence-electron chi connectivity index (χ2n) is 9.27. The molecule has 0 fully saturated rings. The molecule has 192 valence electrons. The molecule has 2 aromatic carbocycles. The fourth-order valence-corrected chi connectivity index (χ4v) is 4.47. The van der Waals surface area contributed by atoms with Gasteiger partial charge in [-0.25, -0.2) is 4.39 Å². The molecule has 0 radical (unpaired) electrons. The Labute approximate surface area is 217 Å². The molecule has 0 aliphatic rings. The standard InChI is InChI=1S/C26H27FN6O3S/c1-26(2,3)28-25(35)23(21-6-5-15-37-21)33(19-11-13-20(36-4)14-12-19)22(34)16-32-30-24(29-31-32)17-7-9-18(27)10-8-17/h5-15,23H,16H2,1-4H3,(H,28,35)/t23-/m1/s1. The van der Waals surface area contributed by atoms with Crippen LogP contribution in [0.2, 0.25) is 0 Å². The molecule has 1 atom stereocenters. The lowest BCUT2D eigenvalue weighted by Gasteiger charge is -2.33. The summed E-state index contributed by atoms with van der Waals surface area (Å²) in [6.45, 7) is 5.37. The number of thiophene rings is 1. The Bertz CT molecular complexity index is 1350. The summed E-state index contributed by atoms with van der Waals surface area (Å²) >= 11 is 1.38. The van der Waals surface area contributed by atoms with Gasteiger partial charge in [-0.1, -0.05) is 6.07 Å². The second-order valence-corrected chi connectivity index (χ2v) is 10.2. The molecule has 0 saturated heterocycles. The minimum atomic E-state index is -0.930. The van der Waals surface area contributed by atoms with E-state index in [4.69, 9.17) is 4.74 Å². The summed E-state index contributed by atoms with van der Waals surface area (Å²) in [7, 11) is 1.55. The Balaban J connectivity index is 1.70. The van der Waals surface area contributed by atoms with Gasteiger partial charge in [-0.05, 0) is 86.0 Å². The predicted octanol–water partition coefficient (Wildman–Crippen LogP) is 4.24. The second kappa shape index (κ2) is 10.9. The molecule has 37 heavy (non-hydrogen) atoms. The summed E-state index contributed by atoms with van der Waals surface area (Å²) in [5, 5.41) is 17.1. The molecular formula is C26H27FN6O3S. The summed E-state index contributed by atoms with van der Waals surface area (Å²) in [4.78, 5) is 30.7. The first-order chi connectivity index (χ1) is 17.6. The molecule has 2 heterocycles. The van der Waals surface area contributed by atoms with Gasteiger partial charge in [0, 0.05) is 21.7 Å². The molecular weight excluding hydrogens is 495 g/mol. The molecule has 9 nitrogen and oxygen atoms in total. The maximum atomic E-state index is 13.8. The van der Waals surface area contributed by atoms with E-state index in [1.54, 1.807) is 31.4 Å². The van der Waals surface area contributed by atoms with E-state index < -0.39 is 17.5 Å². The van der Waals surface area contributed by atoms with Crippen molar-refractivity contribution < 1.29 is 18.7 Å². The lowest BCUT2D eigenvalue weighted by atomic mass is 10.1. The number of anilines is 1. The Kier molecular flexibility index (Phi) is 7.63. The molecule has 2 aromatic heterocycles. The van der Waals surface area contributed by atoms with E-state index in [0.29, 0.717) is 21.9 Å². The Hall–Kier alpha value is -4.12. The first-order valence-corrected chi connectivity index (χ1v) is 12.4. The first-order valence-electron chi connectivity index (χ1n) is 11.5. The summed E-state index contributed by atoms with van der Waals surface area (Å²) in [5.74, 6) is -0.253. The van der Waals surface area contributed by atoms with E-state index in [1.165, 1.54) is 40.5 Å². The summed E-state index contributed by atoms with van der Waals surface area (Å²) in [6, 6.07) is 15.3. The van der Waals surface area contributed by atoms with Gasteiger partial charge in [-0.3, -0.25) is 14.5 Å². The van der Waals surface area contributed by atoms with Crippen LogP contribution in [-0.4, -0.2) is 44.7 Å². The number of carbonyl (C=O) groups excluding carboxylic acids is 2. The third-order valence-corrected chi connectivity index (χ3v) is 6.19. The van der Waals surface area contributed by atoms with E-state index in [2.05, 4.69) is 20.7 Å². The van der Waals surface area contributed by atoms with Crippen LogP contribution in [0.5, 0.6) is 5.75 Å². The number of aromatic nitrogens is 4. The lowest BCUT2D eigenvalue weighted by molar-refractivity contribution is -0.128. The zero-order chi connectivity index (χ0) is 26.6. The minimum absolute atomic E-state index is 0.254. The van der Waals surface area contributed by atoms with Crippen molar-refractivity contribution in [2.24, 2.45) is 0 Å². The van der Waals surface area contributed by atoms with E-state index in [1.807, 2.05) is 38.3 Å². The third kappa shape index (κ3) is 6.36. The fourth-order valence-electron chi connectivity index (χ4n) is 3.66. The number of hydrogen-bond donors (Lipinski definition) is 1. The van der Waals surface area contributed by atoms with Crippen molar-refractivity contribution in [3.8, 4) is 17.1 Å². The van der Waals surface area contributed by atoms with Crippen molar-refractivity contribution in [3.05, 3.63) is 76.7 Å². The molecule has 0 spiro atoms. The van der Waals surface area contributed by atoms with Crippen molar-refractivity contribution in [3.63, 3.8) is 0 Å². The fraction of sp³-hybridized carbons (Fsp3) is 0.269. The molecule has 11 heteroatoms. The lowest BCUT2D eigenvalue weighted by Crippen LogP contribution is -2.50. The molecule has 0 aliphatic carbocycles. The quantitative estimate of drug-likeness (QED) is 0.371. The highest BCUT2D eigenvalue weighted by Gasteiger charge is 2.35. The zero-order valence-electron chi connectivity index (χ0n) is 20.9. The molecule has 2 amide bonds. The van der Waals surface area contributed by atoms with Crippen LogP contribution >= 0.6 is 11.3 Å². The topological polar surface area (TPSA) is 102 Å². The van der Waals surface area contributed by atoms with Crippen LogP contribution in [0, 0.1) is 5.82 Å². The van der Waals surface area contributed by atoms with Crippen LogP contribution in [0.25, 0.3) is 11.4 Å². The van der Waals surface area contributed by atoms with Crippen molar-refractivity contribution in [1.82, 2.24) is 25.5 Å². The van der Waals surface area contributed by atoms with E-state index >= 15 is 0 Å². The average Bonchev–Trinajstić information content (AvgIpc) is 3.54. The maximum absolute atomic E-state index is 13.8. The van der Waals surface area contributed by atoms with Gasteiger partial charge < -0.3 is 10.1 Å². The number of amides is 2. The zero-order valence-corrected chi connectivity index (χ0v) is 21.7. The molecule has 0 aliphatic heterocycles. The van der Waals surface area contributed by atoms with Gasteiger partial charge in [0.25, 0.3) is 5.91 Å². The number of nitrogens with zero attached hydrogens (tertiary/aromatic N) is 5. The highest BCUT2D eigenvalue weighted by atomic mass is 32.1. The van der Waals surface area contributed by atoms with E-state index in [0.717, 1.165) is 4.80 Å². The minimum Gasteiger partial charge on any atom is -0.497 e. The van der Waals surface area contributed by atoms with Gasteiger partial charge in [0.15, 0.2) is 0 Å². The van der Waals surface area contributed by atoms with Gasteiger partial charge in [-0.2, -0.15) is 4.80 Å². The number of carbonyl (C=O) groups is 2. The smallest absolute Gasteiger partial charge is 0.251 e. The van der Waals surface area contributed by atoms with E-state index in [9.17, 15) is 14.0 Å². The average molecular weight is 523 g/mol. The van der Waals surface area contributed by atoms with Gasteiger partial charge in [-0.15, -0.1) is 21.5 Å². The maximum Gasteiger partial charge on any atom is 0.251 e. The number of rotatable bonds is 8. The summed E-state index contributed by atoms with van der Waals surface area (Å²) < 4.78 is 18.6. The third-order valence-electron chi connectivity index (χ3n) is 5.27. The predicted molar refractivity (Wildman–Crippen MR) is 139 cm³/mol. The van der Waals surface area contributed by atoms with Crippen LogP contribution < -0.4 is 15.0 Å². The summed E-state index contributed by atoms with van der Waals surface area (Å²) in [6.07, 6.45) is 0. The number of halogens is 1. The van der Waals surface area contributed by atoms with Crippen LogP contribution in [0.4, 0.5) is 10.1 Å². The van der Waals surface area contributed by atoms with Crippen LogP contribution in [0.3, 0.4) is 0 Å². The number of hydrogen-bond acceptors (Lipinski definition) is 7. The molecule has 0 unspecified atom stereocenters. The van der Waals surface area contributed by atoms with Crippen molar-refractivity contribution in [1.29, 1.82) is 0 Å².